The number of hydrogen-bond acceptors (Lipinski definition) is 6. The van der Waals surface area contributed by atoms with Crippen molar-refractivity contribution < 1.29 is 23.9 Å². The van der Waals surface area contributed by atoms with Gasteiger partial charge in [-0.2, -0.15) is 0 Å². The lowest BCUT2D eigenvalue weighted by Gasteiger charge is -2.55. The highest BCUT2D eigenvalue weighted by Gasteiger charge is 2.48. The SMILES string of the molecule is O=C1CCC(N2Cc3c(OCc4ccc(CN5CC6(COC6)C5)cc4)cccc3C2=O)C(=O)C1. The Morgan fingerprint density at radius 3 is 2.47 bits per heavy atom. The van der Waals surface area contributed by atoms with Crippen LogP contribution in [-0.4, -0.2) is 59.6 Å². The highest BCUT2D eigenvalue weighted by atomic mass is 16.5. The van der Waals surface area contributed by atoms with E-state index in [0.29, 0.717) is 42.7 Å². The minimum absolute atomic E-state index is 0.0396. The molecule has 0 N–H and O–H groups in total. The van der Waals surface area contributed by atoms with E-state index < -0.39 is 6.04 Å². The molecule has 6 rings (SSSR count). The first-order chi connectivity index (χ1) is 16.5. The van der Waals surface area contributed by atoms with Gasteiger partial charge in [-0.1, -0.05) is 30.3 Å². The Hall–Kier alpha value is -3.03. The number of Topliss-reactive ketones (excluding diaryl/α,β-unsaturated/α-hetero) is 2. The molecule has 1 amide bonds. The van der Waals surface area contributed by atoms with E-state index in [-0.39, 0.29) is 23.9 Å². The Bertz CT molecular complexity index is 1150. The quantitative estimate of drug-likeness (QED) is 0.617. The average molecular weight is 461 g/mol. The van der Waals surface area contributed by atoms with Crippen molar-refractivity contribution in [3.63, 3.8) is 0 Å². The Morgan fingerprint density at radius 1 is 1.00 bits per heavy atom. The molecule has 0 bridgehead atoms. The van der Waals surface area contributed by atoms with Crippen LogP contribution in [0.3, 0.4) is 0 Å². The smallest absolute Gasteiger partial charge is 0.255 e. The number of likely N-dealkylation sites (tertiary alicyclic amines) is 1. The fourth-order valence-corrected chi connectivity index (χ4v) is 5.65. The second kappa shape index (κ2) is 8.32. The molecule has 1 spiro atoms. The van der Waals surface area contributed by atoms with Gasteiger partial charge in [-0.25, -0.2) is 0 Å². The number of hydrogen-bond donors (Lipinski definition) is 0. The van der Waals surface area contributed by atoms with Crippen molar-refractivity contribution in [2.24, 2.45) is 5.41 Å². The first-order valence-electron chi connectivity index (χ1n) is 12.0. The molecule has 34 heavy (non-hydrogen) atoms. The summed E-state index contributed by atoms with van der Waals surface area (Å²) in [5.41, 5.74) is 4.19. The Balaban J connectivity index is 1.08. The van der Waals surface area contributed by atoms with Gasteiger partial charge in [-0.3, -0.25) is 19.3 Å². The summed E-state index contributed by atoms with van der Waals surface area (Å²) in [5.74, 6) is 0.320. The van der Waals surface area contributed by atoms with Crippen LogP contribution in [0.2, 0.25) is 0 Å². The topological polar surface area (TPSA) is 76.2 Å². The number of nitrogens with zero attached hydrogens (tertiary/aromatic N) is 2. The normalized spacial score (nSPS) is 23.6. The molecule has 7 heteroatoms. The highest BCUT2D eigenvalue weighted by molar-refractivity contribution is 6.07. The average Bonchev–Trinajstić information content (AvgIpc) is 3.11. The van der Waals surface area contributed by atoms with E-state index in [0.717, 1.165) is 44.0 Å². The van der Waals surface area contributed by atoms with E-state index >= 15 is 0 Å². The predicted molar refractivity (Wildman–Crippen MR) is 123 cm³/mol. The summed E-state index contributed by atoms with van der Waals surface area (Å²) in [6, 6.07) is 13.4. The molecule has 0 radical (unpaired) electrons. The van der Waals surface area contributed by atoms with Gasteiger partial charge in [0.25, 0.3) is 5.91 Å². The summed E-state index contributed by atoms with van der Waals surface area (Å²) >= 11 is 0. The molecule has 1 atom stereocenters. The van der Waals surface area contributed by atoms with Crippen molar-refractivity contribution in [2.45, 2.75) is 45.0 Å². The molecule has 176 valence electrons. The lowest BCUT2D eigenvalue weighted by Crippen LogP contribution is -2.65. The maximum Gasteiger partial charge on any atom is 0.255 e. The van der Waals surface area contributed by atoms with Crippen molar-refractivity contribution in [3.05, 3.63) is 64.7 Å². The molecule has 4 aliphatic rings. The fraction of sp³-hybridized carbons (Fsp3) is 0.444. The molecule has 1 saturated carbocycles. The van der Waals surface area contributed by atoms with Crippen molar-refractivity contribution in [1.29, 1.82) is 0 Å². The molecule has 3 aliphatic heterocycles. The molecule has 3 heterocycles. The van der Waals surface area contributed by atoms with Crippen LogP contribution in [-0.2, 0) is 34.0 Å². The first kappa shape index (κ1) is 21.5. The van der Waals surface area contributed by atoms with Crippen LogP contribution < -0.4 is 4.74 Å². The van der Waals surface area contributed by atoms with E-state index in [1.807, 2.05) is 12.1 Å². The molecule has 2 saturated heterocycles. The second-order valence-corrected chi connectivity index (χ2v) is 10.2. The standard InChI is InChI=1S/C27H28N2O5/c30-20-8-9-23(24(31)10-20)29-12-22-21(26(29)32)2-1-3-25(22)34-13-19-6-4-18(5-7-19)11-28-14-27(15-28)16-33-17-27/h1-7,23H,8-17H2. The molecule has 2 aromatic carbocycles. The van der Waals surface area contributed by atoms with Gasteiger partial charge in [0, 0.05) is 42.6 Å². The van der Waals surface area contributed by atoms with E-state index in [2.05, 4.69) is 29.2 Å². The van der Waals surface area contributed by atoms with Crippen LogP contribution in [0.1, 0.15) is 46.3 Å². The minimum atomic E-state index is -0.518. The van der Waals surface area contributed by atoms with Crippen molar-refractivity contribution in [3.8, 4) is 5.75 Å². The Kier molecular flexibility index (Phi) is 5.26. The highest BCUT2D eigenvalue weighted by Crippen LogP contribution is 2.38. The molecule has 7 nitrogen and oxygen atoms in total. The van der Waals surface area contributed by atoms with Crippen molar-refractivity contribution in [2.75, 3.05) is 26.3 Å². The maximum atomic E-state index is 13.0. The van der Waals surface area contributed by atoms with Gasteiger partial charge < -0.3 is 14.4 Å². The number of ketones is 2. The van der Waals surface area contributed by atoms with Crippen molar-refractivity contribution >= 4 is 17.5 Å². The van der Waals surface area contributed by atoms with Crippen LogP contribution in [0, 0.1) is 5.41 Å². The maximum absolute atomic E-state index is 13.0. The zero-order valence-corrected chi connectivity index (χ0v) is 19.1. The summed E-state index contributed by atoms with van der Waals surface area (Å²) in [5, 5.41) is 0. The zero-order chi connectivity index (χ0) is 23.3. The Labute approximate surface area is 198 Å². The number of rotatable bonds is 6. The number of carbonyl (C=O) groups is 3. The summed E-state index contributed by atoms with van der Waals surface area (Å²) < 4.78 is 11.5. The zero-order valence-electron chi connectivity index (χ0n) is 19.1. The van der Waals surface area contributed by atoms with E-state index in [1.165, 1.54) is 5.56 Å². The van der Waals surface area contributed by atoms with Crippen LogP contribution in [0.25, 0.3) is 0 Å². The summed E-state index contributed by atoms with van der Waals surface area (Å²) in [6.07, 6.45) is 0.687. The largest absolute Gasteiger partial charge is 0.489 e. The number of carbonyl (C=O) groups excluding carboxylic acids is 3. The summed E-state index contributed by atoms with van der Waals surface area (Å²) in [6.45, 7) is 5.76. The molecule has 1 unspecified atom stereocenters. The fourth-order valence-electron chi connectivity index (χ4n) is 5.65. The number of benzene rings is 2. The van der Waals surface area contributed by atoms with Gasteiger partial charge in [0.1, 0.15) is 18.1 Å². The van der Waals surface area contributed by atoms with E-state index in [1.54, 1.807) is 11.0 Å². The third-order valence-electron chi connectivity index (χ3n) is 7.53. The van der Waals surface area contributed by atoms with Crippen LogP contribution in [0.4, 0.5) is 0 Å². The first-order valence-corrected chi connectivity index (χ1v) is 12.0. The van der Waals surface area contributed by atoms with Gasteiger partial charge >= 0.3 is 0 Å². The Morgan fingerprint density at radius 2 is 1.76 bits per heavy atom. The van der Waals surface area contributed by atoms with E-state index in [9.17, 15) is 14.4 Å². The molecular weight excluding hydrogens is 432 g/mol. The minimum Gasteiger partial charge on any atom is -0.489 e. The molecule has 2 aromatic rings. The number of ether oxygens (including phenoxy) is 2. The van der Waals surface area contributed by atoms with Crippen LogP contribution >= 0.6 is 0 Å². The number of amides is 1. The molecule has 3 fully saturated rings. The second-order valence-electron chi connectivity index (χ2n) is 10.2. The van der Waals surface area contributed by atoms with Gasteiger partial charge in [-0.15, -0.1) is 0 Å². The van der Waals surface area contributed by atoms with Gasteiger partial charge in [-0.05, 0) is 29.7 Å². The number of fused-ring (bicyclic) bond motifs is 1. The lowest BCUT2D eigenvalue weighted by molar-refractivity contribution is -0.191. The summed E-state index contributed by atoms with van der Waals surface area (Å²) in [7, 11) is 0. The van der Waals surface area contributed by atoms with Gasteiger partial charge in [0.15, 0.2) is 5.78 Å². The van der Waals surface area contributed by atoms with Crippen LogP contribution in [0.15, 0.2) is 42.5 Å². The third kappa shape index (κ3) is 3.83. The van der Waals surface area contributed by atoms with Gasteiger partial charge in [0.2, 0.25) is 0 Å². The lowest BCUT2D eigenvalue weighted by atomic mass is 9.78. The monoisotopic (exact) mass is 460 g/mol. The van der Waals surface area contributed by atoms with Crippen LogP contribution in [0.5, 0.6) is 5.75 Å². The van der Waals surface area contributed by atoms with E-state index in [4.69, 9.17) is 9.47 Å². The van der Waals surface area contributed by atoms with Crippen molar-refractivity contribution in [1.82, 2.24) is 9.80 Å². The molecular formula is C27H28N2O5. The third-order valence-corrected chi connectivity index (χ3v) is 7.53. The molecule has 0 aromatic heterocycles. The predicted octanol–water partition coefficient (Wildman–Crippen LogP) is 2.74. The molecule has 1 aliphatic carbocycles. The van der Waals surface area contributed by atoms with Gasteiger partial charge in [0.05, 0.1) is 32.2 Å². The summed E-state index contributed by atoms with van der Waals surface area (Å²) in [4.78, 5) is 41.0.